The van der Waals surface area contributed by atoms with Gasteiger partial charge in [-0.3, -0.25) is 0 Å². The van der Waals surface area contributed by atoms with Crippen molar-refractivity contribution in [3.8, 4) is 0 Å². The molecule has 0 aliphatic carbocycles. The Balaban J connectivity index is 1.65. The van der Waals surface area contributed by atoms with Crippen molar-refractivity contribution in [2.75, 3.05) is 6.61 Å². The average Bonchev–Trinajstić information content (AvgIpc) is 3.42. The van der Waals surface area contributed by atoms with Crippen LogP contribution in [0, 0.1) is 0 Å². The molecule has 0 amide bonds. The lowest BCUT2D eigenvalue weighted by Crippen LogP contribution is -2.50. The van der Waals surface area contributed by atoms with Gasteiger partial charge in [0.05, 0.1) is 12.7 Å². The molecule has 3 aliphatic rings. The van der Waals surface area contributed by atoms with Gasteiger partial charge in [-0.15, -0.1) is 11.8 Å². The number of cyclic esters (lactones) is 1. The Labute approximate surface area is 219 Å². The fourth-order valence-electron chi connectivity index (χ4n) is 4.31. The van der Waals surface area contributed by atoms with Crippen molar-refractivity contribution in [2.45, 2.75) is 137 Å². The molecule has 4 nitrogen and oxygen atoms in total. The molecule has 196 valence electrons. The van der Waals surface area contributed by atoms with Gasteiger partial charge in [0.25, 0.3) is 0 Å². The zero-order valence-corrected chi connectivity index (χ0v) is 26.7. The van der Waals surface area contributed by atoms with E-state index in [0.29, 0.717) is 21.0 Å². The van der Waals surface area contributed by atoms with E-state index >= 15 is 0 Å². The molecule has 0 spiro atoms. The number of hydrogen-bond donors (Lipinski definition) is 0. The fraction of sp³-hybridized carbons (Fsp3) is 0.885. The van der Waals surface area contributed by atoms with E-state index in [-0.39, 0.29) is 28.3 Å². The van der Waals surface area contributed by atoms with E-state index < -0.39 is 16.6 Å². The predicted molar refractivity (Wildman–Crippen MR) is 153 cm³/mol. The molecule has 3 heterocycles. The molecule has 0 aromatic carbocycles. The molecular formula is C26H48O4S2Si2. The van der Waals surface area contributed by atoms with Crippen LogP contribution < -0.4 is 0 Å². The minimum atomic E-state index is -1.91. The predicted octanol–water partition coefficient (Wildman–Crippen LogP) is 7.41. The van der Waals surface area contributed by atoms with Crippen LogP contribution >= 0.6 is 23.5 Å². The fourth-order valence-corrected chi connectivity index (χ4v) is 10.4. The summed E-state index contributed by atoms with van der Waals surface area (Å²) in [5.41, 5.74) is 0. The molecule has 0 unspecified atom stereocenters. The SMILES string of the molecule is CC(C)(C)[Si](C)(C)OC[C@@H](O[Si](C)(C)C(C)(C)C)[C@H]1CC[C@H]([C@@H]2CC[C@@H]([C@H]3C=CC(=O)O3)S2)S1. The quantitative estimate of drug-likeness (QED) is 0.234. The van der Waals surface area contributed by atoms with Gasteiger partial charge in [0.2, 0.25) is 0 Å². The molecule has 2 saturated heterocycles. The van der Waals surface area contributed by atoms with E-state index in [1.165, 1.54) is 19.3 Å². The molecule has 0 radical (unpaired) electrons. The summed E-state index contributed by atoms with van der Waals surface area (Å²) < 4.78 is 19.3. The highest BCUT2D eigenvalue weighted by Crippen LogP contribution is 2.50. The Morgan fingerprint density at radius 2 is 1.47 bits per heavy atom. The van der Waals surface area contributed by atoms with E-state index in [4.69, 9.17) is 13.6 Å². The van der Waals surface area contributed by atoms with Gasteiger partial charge in [-0.05, 0) is 68.0 Å². The van der Waals surface area contributed by atoms with Crippen LogP contribution in [0.1, 0.15) is 67.2 Å². The molecular weight excluding hydrogens is 497 g/mol. The summed E-state index contributed by atoms with van der Waals surface area (Å²) in [7, 11) is -3.74. The Morgan fingerprint density at radius 3 is 2.03 bits per heavy atom. The first-order valence-corrected chi connectivity index (χ1v) is 20.7. The first-order valence-electron chi connectivity index (χ1n) is 13.0. The Kier molecular flexibility index (Phi) is 8.95. The van der Waals surface area contributed by atoms with Gasteiger partial charge in [0.15, 0.2) is 16.6 Å². The second-order valence-corrected chi connectivity index (χ2v) is 25.9. The average molecular weight is 545 g/mol. The summed E-state index contributed by atoms with van der Waals surface area (Å²) in [6.07, 6.45) is 8.47. The van der Waals surface area contributed by atoms with Gasteiger partial charge in [0, 0.05) is 27.1 Å². The number of ether oxygens (including phenoxy) is 1. The third-order valence-electron chi connectivity index (χ3n) is 8.71. The standard InChI is InChI=1S/C26H48O4S2Si2/c1-25(2,3)33(7,8)28-17-19(30-34(9,10)26(4,5)6)21-13-15-23(32-21)22-14-12-20(31-22)18-11-16-24(27)29-18/h11,16,18-23H,12-15,17H2,1-10H3/t18-,19-,20+,21-,22+,23-/m1/s1. The molecule has 0 aromatic rings. The molecule has 0 aromatic heterocycles. The number of carbonyl (C=O) groups is 1. The maximum atomic E-state index is 11.5. The number of esters is 1. The summed E-state index contributed by atoms with van der Waals surface area (Å²) >= 11 is 4.21. The minimum absolute atomic E-state index is 0.0302. The van der Waals surface area contributed by atoms with Crippen molar-refractivity contribution >= 4 is 46.1 Å². The summed E-state index contributed by atoms with van der Waals surface area (Å²) in [4.78, 5) is 11.5. The van der Waals surface area contributed by atoms with E-state index in [9.17, 15) is 4.79 Å². The first kappa shape index (κ1) is 28.8. The van der Waals surface area contributed by atoms with Crippen LogP contribution in [0.5, 0.6) is 0 Å². The van der Waals surface area contributed by atoms with Crippen LogP contribution in [-0.4, -0.2) is 62.4 Å². The zero-order valence-electron chi connectivity index (χ0n) is 23.1. The van der Waals surface area contributed by atoms with Crippen LogP contribution in [0.15, 0.2) is 12.2 Å². The normalized spacial score (nSPS) is 31.8. The van der Waals surface area contributed by atoms with E-state index in [1.54, 1.807) is 6.08 Å². The summed E-state index contributed by atoms with van der Waals surface area (Å²) in [5.74, 6) is -0.184. The highest BCUT2D eigenvalue weighted by Gasteiger charge is 2.46. The van der Waals surface area contributed by atoms with Gasteiger partial charge in [-0.2, -0.15) is 11.8 Å². The lowest BCUT2D eigenvalue weighted by Gasteiger charge is -2.43. The molecule has 34 heavy (non-hydrogen) atoms. The van der Waals surface area contributed by atoms with Crippen molar-refractivity contribution in [2.24, 2.45) is 0 Å². The van der Waals surface area contributed by atoms with Crippen LogP contribution in [0.25, 0.3) is 0 Å². The van der Waals surface area contributed by atoms with Crippen LogP contribution in [0.4, 0.5) is 0 Å². The monoisotopic (exact) mass is 544 g/mol. The van der Waals surface area contributed by atoms with Gasteiger partial charge < -0.3 is 13.6 Å². The van der Waals surface area contributed by atoms with E-state index in [0.717, 1.165) is 13.0 Å². The summed E-state index contributed by atoms with van der Waals surface area (Å²) in [5, 5.41) is 2.59. The zero-order chi connectivity index (χ0) is 25.5. The third kappa shape index (κ3) is 6.77. The molecule has 8 heteroatoms. The molecule has 0 saturated carbocycles. The number of rotatable bonds is 8. The van der Waals surface area contributed by atoms with E-state index in [2.05, 4.69) is 91.3 Å². The van der Waals surface area contributed by atoms with Crippen LogP contribution in [0.2, 0.25) is 36.3 Å². The smallest absolute Gasteiger partial charge is 0.331 e. The maximum Gasteiger partial charge on any atom is 0.331 e. The lowest BCUT2D eigenvalue weighted by molar-refractivity contribution is -0.138. The van der Waals surface area contributed by atoms with E-state index in [1.807, 2.05) is 6.08 Å². The van der Waals surface area contributed by atoms with Gasteiger partial charge >= 0.3 is 5.97 Å². The summed E-state index contributed by atoms with van der Waals surface area (Å²) in [6.45, 7) is 24.1. The molecule has 0 bridgehead atoms. The Morgan fingerprint density at radius 1 is 0.912 bits per heavy atom. The van der Waals surface area contributed by atoms with Gasteiger partial charge in [0.1, 0.15) is 6.10 Å². The first-order chi connectivity index (χ1) is 15.5. The minimum Gasteiger partial charge on any atom is -0.454 e. The second-order valence-electron chi connectivity index (χ2n) is 13.3. The van der Waals surface area contributed by atoms with Crippen molar-refractivity contribution in [1.82, 2.24) is 0 Å². The topological polar surface area (TPSA) is 44.8 Å². The largest absolute Gasteiger partial charge is 0.454 e. The van der Waals surface area contributed by atoms with Crippen LogP contribution in [-0.2, 0) is 18.4 Å². The lowest BCUT2D eigenvalue weighted by atomic mass is 10.0. The van der Waals surface area contributed by atoms with Crippen molar-refractivity contribution in [3.63, 3.8) is 0 Å². The van der Waals surface area contributed by atoms with Gasteiger partial charge in [-0.1, -0.05) is 41.5 Å². The van der Waals surface area contributed by atoms with Crippen molar-refractivity contribution in [3.05, 3.63) is 12.2 Å². The molecule has 6 atom stereocenters. The number of hydrogen-bond acceptors (Lipinski definition) is 6. The maximum absolute atomic E-state index is 11.5. The molecule has 3 aliphatic heterocycles. The molecule has 0 N–H and O–H groups in total. The highest BCUT2D eigenvalue weighted by molar-refractivity contribution is 8.04. The molecule has 3 rings (SSSR count). The van der Waals surface area contributed by atoms with Gasteiger partial charge in [-0.25, -0.2) is 4.79 Å². The van der Waals surface area contributed by atoms with Crippen molar-refractivity contribution in [1.29, 1.82) is 0 Å². The van der Waals surface area contributed by atoms with Crippen LogP contribution in [0.3, 0.4) is 0 Å². The van der Waals surface area contributed by atoms with Crippen molar-refractivity contribution < 1.29 is 18.4 Å². The second kappa shape index (κ2) is 10.6. The number of carbonyl (C=O) groups excluding carboxylic acids is 1. The number of thioether (sulfide) groups is 2. The molecule has 2 fully saturated rings. The Hall–Kier alpha value is 0.264. The summed E-state index contributed by atoms with van der Waals surface area (Å²) in [6, 6.07) is 0. The Bertz CT molecular complexity index is 757. The third-order valence-corrected chi connectivity index (χ3v) is 21.5. The highest BCUT2D eigenvalue weighted by atomic mass is 32.2.